The summed E-state index contributed by atoms with van der Waals surface area (Å²) in [6, 6.07) is 11.1. The predicted octanol–water partition coefficient (Wildman–Crippen LogP) is 4.32. The van der Waals surface area contributed by atoms with E-state index in [-0.39, 0.29) is 0 Å². The highest BCUT2D eigenvalue weighted by Crippen LogP contribution is 2.26. The van der Waals surface area contributed by atoms with Crippen molar-refractivity contribution in [1.82, 2.24) is 4.98 Å². The van der Waals surface area contributed by atoms with E-state index in [0.717, 1.165) is 11.1 Å². The van der Waals surface area contributed by atoms with Crippen LogP contribution in [0.3, 0.4) is 0 Å². The number of pyridine rings is 1. The Morgan fingerprint density at radius 3 is 2.62 bits per heavy atom. The summed E-state index contributed by atoms with van der Waals surface area (Å²) in [5, 5.41) is 9.64. The van der Waals surface area contributed by atoms with Crippen LogP contribution in [0.4, 0.5) is 0 Å². The van der Waals surface area contributed by atoms with Gasteiger partial charge in [-0.05, 0) is 23.6 Å². The molecule has 0 radical (unpaired) electrons. The molecule has 1 N–H and O–H groups in total. The lowest BCUT2D eigenvalue weighted by Crippen LogP contribution is -2.19. The minimum atomic E-state index is -0.832. The smallest absolute Gasteiger partial charge is 0.316 e. The van der Waals surface area contributed by atoms with Crippen molar-refractivity contribution < 1.29 is 9.90 Å². The van der Waals surface area contributed by atoms with Gasteiger partial charge in [-0.15, -0.1) is 11.8 Å². The topological polar surface area (TPSA) is 50.2 Å². The van der Waals surface area contributed by atoms with E-state index in [9.17, 15) is 9.90 Å². The molecule has 2 aromatic rings. The molecule has 21 heavy (non-hydrogen) atoms. The lowest BCUT2D eigenvalue weighted by atomic mass is 10.1. The molecule has 1 atom stereocenters. The van der Waals surface area contributed by atoms with Crippen LogP contribution in [0.15, 0.2) is 42.6 Å². The van der Waals surface area contributed by atoms with Crippen LogP contribution in [0, 0.1) is 0 Å². The Labute approximate surface area is 137 Å². The minimum absolute atomic E-state index is 0.327. The SMILES string of the molecule is O=C(O)C(Cc1ccccc1)SCc1cnc(Cl)cc1Cl. The molecule has 110 valence electrons. The Kier molecular flexibility index (Phi) is 5.91. The summed E-state index contributed by atoms with van der Waals surface area (Å²) >= 11 is 13.1. The molecule has 1 unspecified atom stereocenters. The Hall–Kier alpha value is -1.23. The van der Waals surface area contributed by atoms with Gasteiger partial charge in [0.25, 0.3) is 0 Å². The third kappa shape index (κ3) is 4.92. The molecule has 2 rings (SSSR count). The van der Waals surface area contributed by atoms with Crippen molar-refractivity contribution in [3.63, 3.8) is 0 Å². The molecule has 3 nitrogen and oxygen atoms in total. The van der Waals surface area contributed by atoms with Gasteiger partial charge in [-0.25, -0.2) is 4.98 Å². The Bertz CT molecular complexity index is 622. The van der Waals surface area contributed by atoms with E-state index in [4.69, 9.17) is 23.2 Å². The predicted molar refractivity (Wildman–Crippen MR) is 87.1 cm³/mol. The monoisotopic (exact) mass is 341 g/mol. The third-order valence-corrected chi connectivity index (χ3v) is 4.68. The molecule has 1 aromatic heterocycles. The number of hydrogen-bond acceptors (Lipinski definition) is 3. The normalized spacial score (nSPS) is 12.1. The highest BCUT2D eigenvalue weighted by Gasteiger charge is 2.19. The number of rotatable bonds is 6. The van der Waals surface area contributed by atoms with Crippen molar-refractivity contribution in [2.45, 2.75) is 17.4 Å². The second-order valence-corrected chi connectivity index (χ2v) is 6.41. The zero-order valence-corrected chi connectivity index (χ0v) is 13.3. The van der Waals surface area contributed by atoms with E-state index < -0.39 is 11.2 Å². The lowest BCUT2D eigenvalue weighted by molar-refractivity contribution is -0.136. The van der Waals surface area contributed by atoms with Gasteiger partial charge in [-0.3, -0.25) is 4.79 Å². The number of carboxylic acids is 1. The molecule has 0 aliphatic carbocycles. The molecular formula is C15H13Cl2NO2S. The summed E-state index contributed by atoms with van der Waals surface area (Å²) in [6.07, 6.45) is 2.05. The van der Waals surface area contributed by atoms with E-state index >= 15 is 0 Å². The standard InChI is InChI=1S/C15H13Cl2NO2S/c16-12-7-14(17)18-8-11(12)9-21-13(15(19)20)6-10-4-2-1-3-5-10/h1-5,7-8,13H,6,9H2,(H,19,20). The minimum Gasteiger partial charge on any atom is -0.480 e. The van der Waals surface area contributed by atoms with Gasteiger partial charge in [0, 0.05) is 17.0 Å². The lowest BCUT2D eigenvalue weighted by Gasteiger charge is -2.12. The summed E-state index contributed by atoms with van der Waals surface area (Å²) in [5.74, 6) is -0.353. The number of carboxylic acid groups (broad SMARTS) is 1. The molecule has 0 amide bonds. The number of aliphatic carboxylic acids is 1. The number of thioether (sulfide) groups is 1. The van der Waals surface area contributed by atoms with Gasteiger partial charge in [0.05, 0.1) is 0 Å². The fraction of sp³-hybridized carbons (Fsp3) is 0.200. The van der Waals surface area contributed by atoms with Crippen LogP contribution in [-0.4, -0.2) is 21.3 Å². The molecule has 0 saturated carbocycles. The van der Waals surface area contributed by atoms with E-state index in [1.807, 2.05) is 30.3 Å². The third-order valence-electron chi connectivity index (χ3n) is 2.88. The van der Waals surface area contributed by atoms with E-state index in [1.165, 1.54) is 11.8 Å². The summed E-state index contributed by atoms with van der Waals surface area (Å²) in [5.41, 5.74) is 1.78. The first kappa shape index (κ1) is 16.1. The summed E-state index contributed by atoms with van der Waals surface area (Å²) in [7, 11) is 0. The summed E-state index contributed by atoms with van der Waals surface area (Å²) in [4.78, 5) is 15.3. The van der Waals surface area contributed by atoms with Crippen LogP contribution in [0.5, 0.6) is 0 Å². The highest BCUT2D eigenvalue weighted by atomic mass is 35.5. The van der Waals surface area contributed by atoms with Crippen molar-refractivity contribution >= 4 is 40.9 Å². The van der Waals surface area contributed by atoms with Gasteiger partial charge in [0.2, 0.25) is 0 Å². The Morgan fingerprint density at radius 1 is 1.29 bits per heavy atom. The first-order valence-electron chi connectivity index (χ1n) is 6.24. The summed E-state index contributed by atoms with van der Waals surface area (Å²) in [6.45, 7) is 0. The largest absolute Gasteiger partial charge is 0.480 e. The average molecular weight is 342 g/mol. The molecule has 1 aromatic carbocycles. The fourth-order valence-corrected chi connectivity index (χ4v) is 3.35. The molecule has 0 saturated heterocycles. The summed E-state index contributed by atoms with van der Waals surface area (Å²) < 4.78 is 0. The average Bonchev–Trinajstić information content (AvgIpc) is 2.46. The van der Waals surface area contributed by atoms with E-state index in [2.05, 4.69) is 4.98 Å². The molecule has 0 bridgehead atoms. The zero-order chi connectivity index (χ0) is 15.2. The second kappa shape index (κ2) is 7.69. The maximum absolute atomic E-state index is 11.4. The van der Waals surface area contributed by atoms with Gasteiger partial charge in [0.1, 0.15) is 10.4 Å². The highest BCUT2D eigenvalue weighted by molar-refractivity contribution is 7.99. The van der Waals surface area contributed by atoms with Crippen molar-refractivity contribution in [2.75, 3.05) is 0 Å². The van der Waals surface area contributed by atoms with Crippen molar-refractivity contribution in [2.24, 2.45) is 0 Å². The molecular weight excluding hydrogens is 329 g/mol. The van der Waals surface area contributed by atoms with Crippen LogP contribution in [0.25, 0.3) is 0 Å². The van der Waals surface area contributed by atoms with Crippen LogP contribution >= 0.6 is 35.0 Å². The number of nitrogens with zero attached hydrogens (tertiary/aromatic N) is 1. The van der Waals surface area contributed by atoms with Gasteiger partial charge in [0.15, 0.2) is 0 Å². The molecule has 1 heterocycles. The van der Waals surface area contributed by atoms with Crippen molar-refractivity contribution in [3.05, 3.63) is 63.9 Å². The molecule has 0 spiro atoms. The second-order valence-electron chi connectivity index (χ2n) is 4.43. The fourth-order valence-electron chi connectivity index (χ4n) is 1.78. The van der Waals surface area contributed by atoms with E-state index in [0.29, 0.717) is 22.3 Å². The molecule has 0 aliphatic rings. The van der Waals surface area contributed by atoms with Gasteiger partial charge in [-0.1, -0.05) is 53.5 Å². The van der Waals surface area contributed by atoms with Crippen LogP contribution in [0.1, 0.15) is 11.1 Å². The molecule has 0 aliphatic heterocycles. The van der Waals surface area contributed by atoms with Gasteiger partial charge < -0.3 is 5.11 Å². The van der Waals surface area contributed by atoms with E-state index in [1.54, 1.807) is 12.3 Å². The first-order chi connectivity index (χ1) is 10.1. The van der Waals surface area contributed by atoms with Crippen molar-refractivity contribution in [3.8, 4) is 0 Å². The van der Waals surface area contributed by atoms with Gasteiger partial charge >= 0.3 is 5.97 Å². The van der Waals surface area contributed by atoms with Crippen LogP contribution in [-0.2, 0) is 17.0 Å². The van der Waals surface area contributed by atoms with Gasteiger partial charge in [-0.2, -0.15) is 0 Å². The molecule has 0 fully saturated rings. The maximum Gasteiger partial charge on any atom is 0.316 e. The first-order valence-corrected chi connectivity index (χ1v) is 8.05. The number of aromatic nitrogens is 1. The number of hydrogen-bond donors (Lipinski definition) is 1. The zero-order valence-electron chi connectivity index (χ0n) is 11.0. The maximum atomic E-state index is 11.4. The quantitative estimate of drug-likeness (QED) is 0.795. The Morgan fingerprint density at radius 2 is 2.00 bits per heavy atom. The number of halogens is 2. The van der Waals surface area contributed by atoms with Crippen LogP contribution in [0.2, 0.25) is 10.2 Å². The van der Waals surface area contributed by atoms with Crippen molar-refractivity contribution in [1.29, 1.82) is 0 Å². The number of carbonyl (C=O) groups is 1. The van der Waals surface area contributed by atoms with Crippen LogP contribution < -0.4 is 0 Å². The number of benzene rings is 1. The Balaban J connectivity index is 2.02. The molecule has 6 heteroatoms.